The number of hydrogen-bond acceptors (Lipinski definition) is 4. The molecule has 0 radical (unpaired) electrons. The number of esters is 1. The van der Waals surface area contributed by atoms with Crippen LogP contribution in [0, 0.1) is 17.8 Å². The molecule has 0 aliphatic heterocycles. The maximum Gasteiger partial charge on any atom is 0.338 e. The van der Waals surface area contributed by atoms with E-state index in [4.69, 9.17) is 9.47 Å². The van der Waals surface area contributed by atoms with E-state index in [2.05, 4.69) is 19.9 Å². The van der Waals surface area contributed by atoms with E-state index in [1.807, 2.05) is 32.0 Å². The Bertz CT molecular complexity index is 677. The number of ketones is 1. The number of benzene rings is 1. The van der Waals surface area contributed by atoms with Crippen molar-refractivity contribution in [2.45, 2.75) is 65.6 Å². The minimum atomic E-state index is -0.450. The predicted molar refractivity (Wildman–Crippen MR) is 111 cm³/mol. The van der Waals surface area contributed by atoms with E-state index in [0.717, 1.165) is 24.8 Å². The lowest BCUT2D eigenvalue weighted by Crippen LogP contribution is -2.51. The van der Waals surface area contributed by atoms with Gasteiger partial charge in [0.15, 0.2) is 0 Å². The number of allylic oxidation sites excluding steroid dienone is 1. The number of rotatable bonds is 8. The van der Waals surface area contributed by atoms with Gasteiger partial charge < -0.3 is 9.47 Å². The average molecular weight is 387 g/mol. The molecule has 1 saturated carbocycles. The zero-order valence-corrected chi connectivity index (χ0v) is 17.8. The summed E-state index contributed by atoms with van der Waals surface area (Å²) in [6.07, 6.45) is 4.48. The van der Waals surface area contributed by atoms with Crippen LogP contribution in [0.3, 0.4) is 0 Å². The van der Waals surface area contributed by atoms with Crippen LogP contribution in [0.5, 0.6) is 0 Å². The molecule has 28 heavy (non-hydrogen) atoms. The van der Waals surface area contributed by atoms with Crippen molar-refractivity contribution in [2.75, 3.05) is 7.11 Å². The van der Waals surface area contributed by atoms with E-state index < -0.39 is 12.2 Å². The maximum absolute atomic E-state index is 12.9. The number of Topliss-reactive ketones (excluding diaryl/α,β-unsaturated/α-hetero) is 1. The second kappa shape index (κ2) is 10.6. The molecule has 0 bridgehead atoms. The molecule has 0 N–H and O–H groups in total. The van der Waals surface area contributed by atoms with E-state index in [9.17, 15) is 9.59 Å². The molecule has 4 nitrogen and oxygen atoms in total. The Morgan fingerprint density at radius 1 is 1.21 bits per heavy atom. The highest BCUT2D eigenvalue weighted by molar-refractivity contribution is 5.90. The molecule has 0 saturated heterocycles. The number of methoxy groups -OCH3 is 1. The van der Waals surface area contributed by atoms with Crippen LogP contribution in [0.15, 0.2) is 42.0 Å². The van der Waals surface area contributed by atoms with Crippen molar-refractivity contribution in [1.29, 1.82) is 0 Å². The van der Waals surface area contributed by atoms with E-state index in [1.165, 1.54) is 0 Å². The average Bonchev–Trinajstić information content (AvgIpc) is 2.68. The smallest absolute Gasteiger partial charge is 0.338 e. The summed E-state index contributed by atoms with van der Waals surface area (Å²) >= 11 is 0. The monoisotopic (exact) mass is 386 g/mol. The van der Waals surface area contributed by atoms with Gasteiger partial charge in [0.05, 0.1) is 11.5 Å². The Morgan fingerprint density at radius 3 is 2.46 bits per heavy atom. The molecule has 1 aromatic carbocycles. The predicted octanol–water partition coefficient (Wildman–Crippen LogP) is 5.22. The second-order valence-electron chi connectivity index (χ2n) is 8.17. The SMILES string of the molecule is CC[C@@H]1CC(=O)[C@@H](C(C)=CCCC(C)C)[C@H](OC)[C@@H]1OC(=O)c1ccccc1. The first-order valence-electron chi connectivity index (χ1n) is 10.4. The Labute approximate surface area is 169 Å². The van der Waals surface area contributed by atoms with Gasteiger partial charge in [0, 0.05) is 19.4 Å². The third kappa shape index (κ3) is 5.54. The Kier molecular flexibility index (Phi) is 8.43. The van der Waals surface area contributed by atoms with Crippen LogP contribution in [-0.4, -0.2) is 31.1 Å². The molecule has 2 rings (SSSR count). The molecule has 0 aromatic heterocycles. The lowest BCUT2D eigenvalue weighted by Gasteiger charge is -2.41. The van der Waals surface area contributed by atoms with Gasteiger partial charge in [0.1, 0.15) is 18.0 Å². The van der Waals surface area contributed by atoms with E-state index >= 15 is 0 Å². The molecule has 154 valence electrons. The summed E-state index contributed by atoms with van der Waals surface area (Å²) in [7, 11) is 1.60. The summed E-state index contributed by atoms with van der Waals surface area (Å²) in [4.78, 5) is 25.6. The second-order valence-corrected chi connectivity index (χ2v) is 8.17. The Balaban J connectivity index is 2.23. The van der Waals surface area contributed by atoms with Crippen LogP contribution >= 0.6 is 0 Å². The van der Waals surface area contributed by atoms with Crippen LogP contribution in [0.1, 0.15) is 63.7 Å². The van der Waals surface area contributed by atoms with Crippen molar-refractivity contribution < 1.29 is 19.1 Å². The first kappa shape index (κ1) is 22.4. The maximum atomic E-state index is 12.9. The zero-order valence-electron chi connectivity index (χ0n) is 17.8. The van der Waals surface area contributed by atoms with Gasteiger partial charge in [-0.2, -0.15) is 0 Å². The number of ether oxygens (including phenoxy) is 2. The van der Waals surface area contributed by atoms with Gasteiger partial charge in [-0.3, -0.25) is 4.79 Å². The van der Waals surface area contributed by atoms with Crippen molar-refractivity contribution in [3.8, 4) is 0 Å². The lowest BCUT2D eigenvalue weighted by molar-refractivity contribution is -0.144. The van der Waals surface area contributed by atoms with Crippen molar-refractivity contribution in [2.24, 2.45) is 17.8 Å². The molecule has 0 spiro atoms. The number of carbonyl (C=O) groups is 2. The van der Waals surface area contributed by atoms with Crippen molar-refractivity contribution >= 4 is 11.8 Å². The van der Waals surface area contributed by atoms with E-state index in [0.29, 0.717) is 17.9 Å². The molecule has 0 heterocycles. The number of carbonyl (C=O) groups excluding carboxylic acids is 2. The fraction of sp³-hybridized carbons (Fsp3) is 0.583. The fourth-order valence-electron chi connectivity index (χ4n) is 4.00. The van der Waals surface area contributed by atoms with Gasteiger partial charge in [-0.15, -0.1) is 0 Å². The minimum Gasteiger partial charge on any atom is -0.456 e. The number of hydrogen-bond donors (Lipinski definition) is 0. The molecule has 1 aliphatic carbocycles. The van der Waals surface area contributed by atoms with E-state index in [1.54, 1.807) is 19.2 Å². The van der Waals surface area contributed by atoms with Crippen molar-refractivity contribution in [1.82, 2.24) is 0 Å². The van der Waals surface area contributed by atoms with Crippen LogP contribution in [0.2, 0.25) is 0 Å². The molecule has 0 amide bonds. The molecule has 1 aliphatic rings. The standard InChI is InChI=1S/C24H34O4/c1-6-18-15-20(25)21(17(4)12-10-11-16(2)3)23(27-5)22(18)28-24(26)19-13-8-7-9-14-19/h7-9,12-14,16,18,21-23H,6,10-11,15H2,1-5H3/t18-,21-,22-,23+/m1/s1. The first-order chi connectivity index (χ1) is 13.4. The minimum absolute atomic E-state index is 0.0233. The van der Waals surface area contributed by atoms with Gasteiger partial charge in [-0.05, 0) is 44.2 Å². The Morgan fingerprint density at radius 2 is 1.89 bits per heavy atom. The van der Waals surface area contributed by atoms with Crippen LogP contribution in [0.25, 0.3) is 0 Å². The molecular weight excluding hydrogens is 352 g/mol. The fourth-order valence-corrected chi connectivity index (χ4v) is 4.00. The summed E-state index contributed by atoms with van der Waals surface area (Å²) < 4.78 is 11.7. The summed E-state index contributed by atoms with van der Waals surface area (Å²) in [5.74, 6) is 0.0661. The topological polar surface area (TPSA) is 52.6 Å². The van der Waals surface area contributed by atoms with E-state index in [-0.39, 0.29) is 23.6 Å². The summed E-state index contributed by atoms with van der Waals surface area (Å²) in [6, 6.07) is 8.98. The quantitative estimate of drug-likeness (QED) is 0.454. The zero-order chi connectivity index (χ0) is 20.7. The highest BCUT2D eigenvalue weighted by atomic mass is 16.6. The third-order valence-electron chi connectivity index (χ3n) is 5.68. The summed E-state index contributed by atoms with van der Waals surface area (Å²) in [6.45, 7) is 8.41. The molecule has 1 aromatic rings. The molecule has 1 fully saturated rings. The summed E-state index contributed by atoms with van der Waals surface area (Å²) in [5, 5.41) is 0. The highest BCUT2D eigenvalue weighted by Crippen LogP contribution is 2.37. The molecular formula is C24H34O4. The molecule has 0 unspecified atom stereocenters. The molecule has 4 atom stereocenters. The molecule has 4 heteroatoms. The first-order valence-corrected chi connectivity index (χ1v) is 10.4. The Hall–Kier alpha value is -1.94. The van der Waals surface area contributed by atoms with Crippen LogP contribution in [-0.2, 0) is 14.3 Å². The van der Waals surface area contributed by atoms with Gasteiger partial charge in [0.25, 0.3) is 0 Å². The van der Waals surface area contributed by atoms with Gasteiger partial charge in [-0.25, -0.2) is 4.79 Å². The summed E-state index contributed by atoms with van der Waals surface area (Å²) in [5.41, 5.74) is 1.54. The van der Waals surface area contributed by atoms with Crippen LogP contribution < -0.4 is 0 Å². The highest BCUT2D eigenvalue weighted by Gasteiger charge is 2.46. The van der Waals surface area contributed by atoms with Gasteiger partial charge in [-0.1, -0.05) is 50.6 Å². The normalized spacial score (nSPS) is 25.8. The van der Waals surface area contributed by atoms with Crippen LogP contribution in [0.4, 0.5) is 0 Å². The van der Waals surface area contributed by atoms with Gasteiger partial charge in [0.2, 0.25) is 0 Å². The lowest BCUT2D eigenvalue weighted by atomic mass is 9.72. The third-order valence-corrected chi connectivity index (χ3v) is 5.68. The van der Waals surface area contributed by atoms with Crippen molar-refractivity contribution in [3.05, 3.63) is 47.5 Å². The largest absolute Gasteiger partial charge is 0.456 e. The van der Waals surface area contributed by atoms with Crippen molar-refractivity contribution in [3.63, 3.8) is 0 Å². The van der Waals surface area contributed by atoms with Gasteiger partial charge >= 0.3 is 5.97 Å².